The Balaban J connectivity index is 1.63. The molecule has 0 aliphatic rings. The molecule has 0 fully saturated rings. The van der Waals surface area contributed by atoms with E-state index in [-0.39, 0.29) is 11.7 Å². The van der Waals surface area contributed by atoms with Gasteiger partial charge in [-0.05, 0) is 47.4 Å². The number of aliphatic carboxylic acids is 1. The summed E-state index contributed by atoms with van der Waals surface area (Å²) in [5.41, 5.74) is 3.36. The summed E-state index contributed by atoms with van der Waals surface area (Å²) in [6.07, 6.45) is 4.99. The maximum Gasteiger partial charge on any atom is 0.304 e. The summed E-state index contributed by atoms with van der Waals surface area (Å²) in [4.78, 5) is 12.4. The lowest BCUT2D eigenvalue weighted by Crippen LogP contribution is -2.13. The minimum Gasteiger partial charge on any atom is -0.497 e. The molecule has 0 aromatic heterocycles. The smallest absolute Gasteiger partial charge is 0.304 e. The molecule has 3 aromatic rings. The average molecular weight is 405 g/mol. The summed E-state index contributed by atoms with van der Waals surface area (Å²) in [6, 6.07) is 26.2. The van der Waals surface area contributed by atoms with Crippen molar-refractivity contribution in [3.05, 3.63) is 95.6 Å². The number of ether oxygens (including phenoxy) is 1. The highest BCUT2D eigenvalue weighted by atomic mass is 32.2. The molecule has 148 valence electrons. The standard InChI is InChI=1S/C25H24O3S/c1-28-22-13-9-19(10-14-22)7-8-20-11-15-23(16-12-20)29-24(18-25(26)27)17-21-5-3-2-4-6-21/h2-16,24H,17-18H2,1H3,(H,26,27). The molecule has 29 heavy (non-hydrogen) atoms. The van der Waals surface area contributed by atoms with Crippen molar-refractivity contribution in [1.82, 2.24) is 0 Å². The van der Waals surface area contributed by atoms with Crippen LogP contribution in [0.2, 0.25) is 0 Å². The topological polar surface area (TPSA) is 46.5 Å². The Morgan fingerprint density at radius 2 is 1.52 bits per heavy atom. The highest BCUT2D eigenvalue weighted by Gasteiger charge is 2.15. The summed E-state index contributed by atoms with van der Waals surface area (Å²) in [6.45, 7) is 0. The normalized spacial score (nSPS) is 12.0. The maximum absolute atomic E-state index is 11.3. The average Bonchev–Trinajstić information content (AvgIpc) is 2.74. The van der Waals surface area contributed by atoms with Crippen LogP contribution >= 0.6 is 11.8 Å². The first kappa shape index (κ1) is 20.7. The quantitative estimate of drug-likeness (QED) is 0.349. The van der Waals surface area contributed by atoms with E-state index >= 15 is 0 Å². The van der Waals surface area contributed by atoms with Crippen molar-refractivity contribution in [3.8, 4) is 5.75 Å². The van der Waals surface area contributed by atoms with Gasteiger partial charge in [-0.3, -0.25) is 4.79 Å². The van der Waals surface area contributed by atoms with Gasteiger partial charge in [0.1, 0.15) is 5.75 Å². The van der Waals surface area contributed by atoms with Crippen LogP contribution < -0.4 is 4.74 Å². The van der Waals surface area contributed by atoms with Crippen LogP contribution in [0.4, 0.5) is 0 Å². The van der Waals surface area contributed by atoms with E-state index in [1.165, 1.54) is 0 Å². The van der Waals surface area contributed by atoms with Gasteiger partial charge in [-0.2, -0.15) is 0 Å². The number of carboxylic acids is 1. The van der Waals surface area contributed by atoms with Crippen LogP contribution in [-0.2, 0) is 11.2 Å². The molecule has 0 bridgehead atoms. The molecule has 0 amide bonds. The van der Waals surface area contributed by atoms with Gasteiger partial charge < -0.3 is 9.84 Å². The van der Waals surface area contributed by atoms with E-state index < -0.39 is 5.97 Å². The first-order chi connectivity index (χ1) is 14.1. The third kappa shape index (κ3) is 6.84. The van der Waals surface area contributed by atoms with Crippen LogP contribution in [0, 0.1) is 0 Å². The first-order valence-corrected chi connectivity index (χ1v) is 10.3. The van der Waals surface area contributed by atoms with Crippen molar-refractivity contribution in [2.45, 2.75) is 23.0 Å². The van der Waals surface area contributed by atoms with E-state index in [4.69, 9.17) is 4.74 Å². The minimum atomic E-state index is -0.766. The fourth-order valence-electron chi connectivity index (χ4n) is 2.98. The number of rotatable bonds is 9. The third-order valence-corrected chi connectivity index (χ3v) is 5.69. The van der Waals surface area contributed by atoms with Crippen molar-refractivity contribution >= 4 is 29.9 Å². The van der Waals surface area contributed by atoms with Crippen LogP contribution in [0.1, 0.15) is 23.1 Å². The molecular weight excluding hydrogens is 380 g/mol. The highest BCUT2D eigenvalue weighted by Crippen LogP contribution is 2.29. The van der Waals surface area contributed by atoms with Gasteiger partial charge in [0.2, 0.25) is 0 Å². The predicted octanol–water partition coefficient (Wildman–Crippen LogP) is 6.04. The number of carboxylic acid groups (broad SMARTS) is 1. The molecule has 0 aliphatic heterocycles. The van der Waals surface area contributed by atoms with Crippen LogP contribution in [0.25, 0.3) is 12.2 Å². The van der Waals surface area contributed by atoms with Gasteiger partial charge in [0.25, 0.3) is 0 Å². The lowest BCUT2D eigenvalue weighted by Gasteiger charge is -2.15. The van der Waals surface area contributed by atoms with Gasteiger partial charge in [-0.15, -0.1) is 11.8 Å². The summed E-state index contributed by atoms with van der Waals surface area (Å²) in [5, 5.41) is 9.26. The molecule has 1 unspecified atom stereocenters. The molecule has 0 aliphatic carbocycles. The van der Waals surface area contributed by atoms with Gasteiger partial charge in [0, 0.05) is 10.1 Å². The van der Waals surface area contributed by atoms with Gasteiger partial charge in [-0.25, -0.2) is 0 Å². The molecule has 4 heteroatoms. The minimum absolute atomic E-state index is 0.00408. The summed E-state index contributed by atoms with van der Waals surface area (Å²) >= 11 is 1.62. The predicted molar refractivity (Wildman–Crippen MR) is 120 cm³/mol. The second-order valence-electron chi connectivity index (χ2n) is 6.70. The number of benzene rings is 3. The summed E-state index contributed by atoms with van der Waals surface area (Å²) in [7, 11) is 1.66. The Bertz CT molecular complexity index is 932. The van der Waals surface area contributed by atoms with Gasteiger partial charge in [-0.1, -0.05) is 66.7 Å². The Hall–Kier alpha value is -2.98. The Kier molecular flexibility index (Phi) is 7.54. The van der Waals surface area contributed by atoms with Crippen molar-refractivity contribution in [2.24, 2.45) is 0 Å². The Morgan fingerprint density at radius 3 is 2.07 bits per heavy atom. The molecule has 3 aromatic carbocycles. The second kappa shape index (κ2) is 10.5. The molecule has 0 radical (unpaired) electrons. The van der Waals surface area contributed by atoms with Crippen molar-refractivity contribution in [3.63, 3.8) is 0 Å². The van der Waals surface area contributed by atoms with Crippen LogP contribution in [-0.4, -0.2) is 23.4 Å². The molecule has 3 rings (SSSR count). The fraction of sp³-hybridized carbons (Fsp3) is 0.160. The van der Waals surface area contributed by atoms with E-state index in [0.29, 0.717) is 0 Å². The molecular formula is C25H24O3S. The van der Waals surface area contributed by atoms with Gasteiger partial charge in [0.05, 0.1) is 13.5 Å². The molecule has 0 spiro atoms. The SMILES string of the molecule is COc1ccc(C=Cc2ccc(SC(CC(=O)O)Cc3ccccc3)cc2)cc1. The van der Waals surface area contributed by atoms with E-state index in [1.54, 1.807) is 18.9 Å². The highest BCUT2D eigenvalue weighted by molar-refractivity contribution is 8.00. The van der Waals surface area contributed by atoms with Crippen LogP contribution in [0.3, 0.4) is 0 Å². The zero-order valence-electron chi connectivity index (χ0n) is 16.3. The number of methoxy groups -OCH3 is 1. The van der Waals surface area contributed by atoms with E-state index in [0.717, 1.165) is 33.8 Å². The zero-order chi connectivity index (χ0) is 20.5. The van der Waals surface area contributed by atoms with Crippen molar-refractivity contribution in [2.75, 3.05) is 7.11 Å². The Morgan fingerprint density at radius 1 is 0.931 bits per heavy atom. The molecule has 0 saturated carbocycles. The largest absolute Gasteiger partial charge is 0.497 e. The fourth-order valence-corrected chi connectivity index (χ4v) is 4.16. The van der Waals surface area contributed by atoms with E-state index in [9.17, 15) is 9.90 Å². The lowest BCUT2D eigenvalue weighted by atomic mass is 10.1. The van der Waals surface area contributed by atoms with Crippen LogP contribution in [0.15, 0.2) is 83.8 Å². The number of hydrogen-bond acceptors (Lipinski definition) is 3. The molecule has 1 atom stereocenters. The molecule has 0 saturated heterocycles. The van der Waals surface area contributed by atoms with E-state index in [1.807, 2.05) is 54.6 Å². The van der Waals surface area contributed by atoms with Crippen LogP contribution in [0.5, 0.6) is 5.75 Å². The lowest BCUT2D eigenvalue weighted by molar-refractivity contribution is -0.136. The van der Waals surface area contributed by atoms with Gasteiger partial charge in [0.15, 0.2) is 0 Å². The molecule has 0 heterocycles. The molecule has 3 nitrogen and oxygen atoms in total. The monoisotopic (exact) mass is 404 g/mol. The Labute approximate surface area is 176 Å². The first-order valence-electron chi connectivity index (χ1n) is 9.47. The second-order valence-corrected chi connectivity index (χ2v) is 8.08. The summed E-state index contributed by atoms with van der Waals surface area (Å²) in [5.74, 6) is 0.0763. The zero-order valence-corrected chi connectivity index (χ0v) is 17.1. The number of hydrogen-bond donors (Lipinski definition) is 1. The number of thioether (sulfide) groups is 1. The molecule has 1 N–H and O–H groups in total. The maximum atomic E-state index is 11.3. The van der Waals surface area contributed by atoms with E-state index in [2.05, 4.69) is 36.4 Å². The summed E-state index contributed by atoms with van der Waals surface area (Å²) < 4.78 is 5.18. The number of carbonyl (C=O) groups is 1. The van der Waals surface area contributed by atoms with Gasteiger partial charge >= 0.3 is 5.97 Å². The van der Waals surface area contributed by atoms with Crippen molar-refractivity contribution < 1.29 is 14.6 Å². The van der Waals surface area contributed by atoms with Crippen molar-refractivity contribution in [1.29, 1.82) is 0 Å². The third-order valence-electron chi connectivity index (χ3n) is 4.48.